The molecule has 0 atom stereocenters. The molecule has 0 unspecified atom stereocenters. The van der Waals surface area contributed by atoms with Crippen molar-refractivity contribution < 1.29 is 9.18 Å². The van der Waals surface area contributed by atoms with Crippen LogP contribution in [0.15, 0.2) is 18.2 Å². The maximum Gasteiger partial charge on any atom is 0.162 e. The van der Waals surface area contributed by atoms with Crippen LogP contribution >= 0.6 is 0 Å². The molecule has 0 spiro atoms. The predicted molar refractivity (Wildman–Crippen MR) is 41.8 cm³/mol. The molecule has 54 valence electrons. The highest BCUT2D eigenvalue weighted by molar-refractivity contribution is 6.36. The molecule has 0 bridgehead atoms. The van der Waals surface area contributed by atoms with Crippen molar-refractivity contribution in [2.45, 2.75) is 6.92 Å². The van der Waals surface area contributed by atoms with Gasteiger partial charge in [-0.1, -0.05) is 17.6 Å². The summed E-state index contributed by atoms with van der Waals surface area (Å²) in [4.78, 5) is 10.8. The van der Waals surface area contributed by atoms with Crippen molar-refractivity contribution in [3.05, 3.63) is 29.6 Å². The van der Waals surface area contributed by atoms with Gasteiger partial charge in [0.25, 0.3) is 0 Å². The summed E-state index contributed by atoms with van der Waals surface area (Å²) in [5.74, 6) is -0.905. The molecule has 0 saturated heterocycles. The first-order chi connectivity index (χ1) is 5.13. The van der Waals surface area contributed by atoms with Crippen LogP contribution in [0.1, 0.15) is 17.3 Å². The molecule has 1 rings (SSSR count). The summed E-state index contributed by atoms with van der Waals surface area (Å²) in [6, 6.07) is 4.18. The molecule has 1 aromatic carbocycles. The second-order valence-corrected chi connectivity index (χ2v) is 2.26. The lowest BCUT2D eigenvalue weighted by atomic mass is 9.89. The number of ketones is 1. The normalized spacial score (nSPS) is 9.64. The van der Waals surface area contributed by atoms with Gasteiger partial charge in [-0.05, 0) is 13.0 Å². The molecule has 0 aliphatic carbocycles. The third-order valence-corrected chi connectivity index (χ3v) is 1.40. The summed E-state index contributed by atoms with van der Waals surface area (Å²) in [5.41, 5.74) is 0.171. The molecule has 1 nitrogen and oxygen atoms in total. The van der Waals surface area contributed by atoms with Gasteiger partial charge in [0.15, 0.2) is 5.78 Å². The van der Waals surface area contributed by atoms with Crippen LogP contribution < -0.4 is 5.46 Å². The van der Waals surface area contributed by atoms with Crippen LogP contribution in [0.5, 0.6) is 0 Å². The summed E-state index contributed by atoms with van der Waals surface area (Å²) in [6.45, 7) is 1.29. The van der Waals surface area contributed by atoms with Crippen molar-refractivity contribution >= 4 is 19.1 Å². The molecule has 0 fully saturated rings. The highest BCUT2D eigenvalue weighted by atomic mass is 19.1. The van der Waals surface area contributed by atoms with Crippen LogP contribution in [0.3, 0.4) is 0 Å². The van der Waals surface area contributed by atoms with E-state index >= 15 is 0 Å². The number of hydrogen-bond donors (Lipinski definition) is 0. The lowest BCUT2D eigenvalue weighted by Gasteiger charge is -2.01. The molecule has 0 amide bonds. The number of rotatable bonds is 1. The molecule has 2 radical (unpaired) electrons. The van der Waals surface area contributed by atoms with Gasteiger partial charge >= 0.3 is 0 Å². The van der Waals surface area contributed by atoms with Crippen molar-refractivity contribution in [1.29, 1.82) is 0 Å². The molecular formula is C8H6BFO. The topological polar surface area (TPSA) is 17.1 Å². The fraction of sp³-hybridized carbons (Fsp3) is 0.125. The number of carbonyl (C=O) groups is 1. The van der Waals surface area contributed by atoms with Gasteiger partial charge in [-0.15, -0.1) is 0 Å². The quantitative estimate of drug-likeness (QED) is 0.425. The van der Waals surface area contributed by atoms with Gasteiger partial charge in [-0.25, -0.2) is 4.39 Å². The largest absolute Gasteiger partial charge is 0.294 e. The van der Waals surface area contributed by atoms with Crippen LogP contribution in [0.2, 0.25) is 0 Å². The molecule has 0 heterocycles. The first-order valence-electron chi connectivity index (χ1n) is 3.18. The third-order valence-electron chi connectivity index (χ3n) is 1.40. The van der Waals surface area contributed by atoms with E-state index in [2.05, 4.69) is 0 Å². The number of hydrogen-bond acceptors (Lipinski definition) is 1. The molecule has 0 saturated carbocycles. The van der Waals surface area contributed by atoms with Gasteiger partial charge in [0.1, 0.15) is 13.7 Å². The zero-order valence-corrected chi connectivity index (χ0v) is 6.10. The lowest BCUT2D eigenvalue weighted by molar-refractivity contribution is 0.101. The highest BCUT2D eigenvalue weighted by Gasteiger charge is 2.07. The Labute approximate surface area is 65.6 Å². The first kappa shape index (κ1) is 7.99. The SMILES string of the molecule is [B]c1cccc(F)c1C(C)=O. The molecule has 11 heavy (non-hydrogen) atoms. The number of carbonyl (C=O) groups excluding carboxylic acids is 1. The van der Waals surface area contributed by atoms with E-state index < -0.39 is 5.82 Å². The van der Waals surface area contributed by atoms with E-state index in [1.807, 2.05) is 0 Å². The smallest absolute Gasteiger partial charge is 0.162 e. The van der Waals surface area contributed by atoms with Gasteiger partial charge in [0.05, 0.1) is 0 Å². The van der Waals surface area contributed by atoms with E-state index in [0.29, 0.717) is 0 Å². The summed E-state index contributed by atoms with van der Waals surface area (Å²) in [7, 11) is 5.36. The average Bonchev–Trinajstić information content (AvgIpc) is 1.85. The molecular weight excluding hydrogens is 142 g/mol. The second kappa shape index (κ2) is 2.87. The van der Waals surface area contributed by atoms with E-state index in [4.69, 9.17) is 7.85 Å². The van der Waals surface area contributed by atoms with Gasteiger partial charge in [-0.3, -0.25) is 4.79 Å². The number of Topliss-reactive ketones (excluding diaryl/α,β-unsaturated/α-hetero) is 1. The van der Waals surface area contributed by atoms with Crippen LogP contribution in [0.25, 0.3) is 0 Å². The molecule has 0 aliphatic heterocycles. The molecule has 0 N–H and O–H groups in total. The van der Waals surface area contributed by atoms with E-state index in [0.717, 1.165) is 0 Å². The Balaban J connectivity index is 3.32. The zero-order chi connectivity index (χ0) is 8.43. The monoisotopic (exact) mass is 148 g/mol. The standard InChI is InChI=1S/C8H6BFO/c1-5(11)8-6(9)3-2-4-7(8)10/h2-4H,1H3. The summed E-state index contributed by atoms with van der Waals surface area (Å²) < 4.78 is 12.8. The van der Waals surface area contributed by atoms with E-state index in [9.17, 15) is 9.18 Å². The molecule has 1 aromatic rings. The van der Waals surface area contributed by atoms with Crippen LogP contribution in [-0.4, -0.2) is 13.6 Å². The fourth-order valence-corrected chi connectivity index (χ4v) is 0.912. The zero-order valence-electron chi connectivity index (χ0n) is 6.10. The fourth-order valence-electron chi connectivity index (χ4n) is 0.912. The average molecular weight is 148 g/mol. The van der Waals surface area contributed by atoms with Crippen LogP contribution in [-0.2, 0) is 0 Å². The predicted octanol–water partition coefficient (Wildman–Crippen LogP) is 0.822. The summed E-state index contributed by atoms with van der Waals surface area (Å²) in [6.07, 6.45) is 0. The second-order valence-electron chi connectivity index (χ2n) is 2.26. The maximum atomic E-state index is 12.8. The first-order valence-corrected chi connectivity index (χ1v) is 3.18. The van der Waals surface area contributed by atoms with Crippen molar-refractivity contribution in [2.75, 3.05) is 0 Å². The minimum absolute atomic E-state index is 0.0208. The maximum absolute atomic E-state index is 12.8. The Hall–Kier alpha value is -1.12. The van der Waals surface area contributed by atoms with Crippen molar-refractivity contribution in [3.8, 4) is 0 Å². The van der Waals surface area contributed by atoms with Gasteiger partial charge < -0.3 is 0 Å². The van der Waals surface area contributed by atoms with E-state index in [-0.39, 0.29) is 16.8 Å². The molecule has 0 aromatic heterocycles. The molecule has 0 aliphatic rings. The minimum atomic E-state index is -0.558. The Kier molecular flexibility index (Phi) is 2.08. The van der Waals surface area contributed by atoms with Gasteiger partial charge in [0, 0.05) is 5.56 Å². The highest BCUT2D eigenvalue weighted by Crippen LogP contribution is 2.03. The molecule has 3 heteroatoms. The van der Waals surface area contributed by atoms with Crippen LogP contribution in [0, 0.1) is 5.82 Å². The van der Waals surface area contributed by atoms with Gasteiger partial charge in [0.2, 0.25) is 0 Å². The minimum Gasteiger partial charge on any atom is -0.294 e. The Morgan fingerprint density at radius 2 is 2.18 bits per heavy atom. The Morgan fingerprint density at radius 1 is 1.55 bits per heavy atom. The Bertz CT molecular complexity index is 276. The van der Waals surface area contributed by atoms with E-state index in [1.54, 1.807) is 0 Å². The van der Waals surface area contributed by atoms with Gasteiger partial charge in [-0.2, -0.15) is 0 Å². The number of halogens is 1. The van der Waals surface area contributed by atoms with Crippen LogP contribution in [0.4, 0.5) is 4.39 Å². The summed E-state index contributed by atoms with van der Waals surface area (Å²) in [5, 5.41) is 0. The lowest BCUT2D eigenvalue weighted by Crippen LogP contribution is -2.15. The van der Waals surface area contributed by atoms with Crippen molar-refractivity contribution in [2.24, 2.45) is 0 Å². The summed E-state index contributed by atoms with van der Waals surface area (Å²) >= 11 is 0. The third kappa shape index (κ3) is 1.48. The van der Waals surface area contributed by atoms with E-state index in [1.165, 1.54) is 25.1 Å². The Morgan fingerprint density at radius 3 is 2.55 bits per heavy atom. The van der Waals surface area contributed by atoms with Crippen molar-refractivity contribution in [3.63, 3.8) is 0 Å². The number of benzene rings is 1. The van der Waals surface area contributed by atoms with Crippen molar-refractivity contribution in [1.82, 2.24) is 0 Å².